The fourth-order valence-electron chi connectivity index (χ4n) is 1.93. The second kappa shape index (κ2) is 8.25. The third kappa shape index (κ3) is 5.29. The number of hydrogen-bond donors (Lipinski definition) is 1. The molecule has 0 aliphatic heterocycles. The summed E-state index contributed by atoms with van der Waals surface area (Å²) in [7, 11) is 0. The van der Waals surface area contributed by atoms with E-state index >= 15 is 0 Å². The molecule has 0 fully saturated rings. The molecule has 0 radical (unpaired) electrons. The zero-order valence-electron chi connectivity index (χ0n) is 13.6. The first-order chi connectivity index (χ1) is 11.9. The average Bonchev–Trinajstić information content (AvgIpc) is 2.56. The van der Waals surface area contributed by atoms with Gasteiger partial charge in [-0.15, -0.1) is 0 Å². The van der Waals surface area contributed by atoms with E-state index in [-0.39, 0.29) is 11.8 Å². The summed E-state index contributed by atoms with van der Waals surface area (Å²) < 4.78 is 5.50. The molecule has 130 valence electrons. The van der Waals surface area contributed by atoms with E-state index in [4.69, 9.17) is 16.3 Å². The van der Waals surface area contributed by atoms with Gasteiger partial charge < -0.3 is 4.74 Å². The summed E-state index contributed by atoms with van der Waals surface area (Å²) in [6.45, 7) is 3.82. The second-order valence-corrected chi connectivity index (χ2v) is 5.76. The van der Waals surface area contributed by atoms with Crippen molar-refractivity contribution < 1.29 is 14.5 Å². The van der Waals surface area contributed by atoms with Gasteiger partial charge in [-0.3, -0.25) is 14.9 Å². The molecule has 0 aliphatic rings. The number of nitrogens with one attached hydrogen (secondary N) is 1. The van der Waals surface area contributed by atoms with Gasteiger partial charge in [0.2, 0.25) is 0 Å². The lowest BCUT2D eigenvalue weighted by Gasteiger charge is -2.09. The van der Waals surface area contributed by atoms with Gasteiger partial charge in [0.25, 0.3) is 11.6 Å². The molecular formula is C17H16ClN3O4. The third-order valence-corrected chi connectivity index (χ3v) is 3.39. The van der Waals surface area contributed by atoms with Crippen LogP contribution in [0.3, 0.4) is 0 Å². The van der Waals surface area contributed by atoms with Crippen molar-refractivity contribution in [3.8, 4) is 5.75 Å². The van der Waals surface area contributed by atoms with Crippen molar-refractivity contribution in [1.82, 2.24) is 5.43 Å². The van der Waals surface area contributed by atoms with E-state index in [0.29, 0.717) is 21.9 Å². The molecule has 0 atom stereocenters. The Morgan fingerprint density at radius 1 is 1.28 bits per heavy atom. The fraction of sp³-hybridized carbons (Fsp3) is 0.176. The maximum Gasteiger partial charge on any atom is 0.271 e. The van der Waals surface area contributed by atoms with E-state index in [2.05, 4.69) is 10.5 Å². The van der Waals surface area contributed by atoms with Crippen molar-refractivity contribution in [1.29, 1.82) is 0 Å². The van der Waals surface area contributed by atoms with Gasteiger partial charge in [0, 0.05) is 28.3 Å². The number of rotatable bonds is 6. The monoisotopic (exact) mass is 361 g/mol. The van der Waals surface area contributed by atoms with Gasteiger partial charge in [0.05, 0.1) is 17.2 Å². The number of non-ortho nitro benzene ring substituents is 1. The minimum absolute atomic E-state index is 0.0453. The maximum absolute atomic E-state index is 12.0. The Labute approximate surface area is 149 Å². The van der Waals surface area contributed by atoms with Gasteiger partial charge in [-0.05, 0) is 44.2 Å². The van der Waals surface area contributed by atoms with Crippen LogP contribution in [0.15, 0.2) is 47.6 Å². The molecule has 0 saturated carbocycles. The fourth-order valence-corrected chi connectivity index (χ4v) is 2.09. The van der Waals surface area contributed by atoms with Crippen molar-refractivity contribution >= 4 is 29.4 Å². The van der Waals surface area contributed by atoms with Crippen LogP contribution >= 0.6 is 11.6 Å². The van der Waals surface area contributed by atoms with Gasteiger partial charge in [-0.2, -0.15) is 5.10 Å². The predicted octanol–water partition coefficient (Wildman–Crippen LogP) is 3.80. The van der Waals surface area contributed by atoms with Crippen LogP contribution in [0.1, 0.15) is 29.8 Å². The average molecular weight is 362 g/mol. The zero-order valence-corrected chi connectivity index (χ0v) is 14.4. The van der Waals surface area contributed by atoms with Crippen molar-refractivity contribution in [2.24, 2.45) is 5.10 Å². The van der Waals surface area contributed by atoms with E-state index < -0.39 is 10.8 Å². The quantitative estimate of drug-likeness (QED) is 0.481. The molecule has 0 heterocycles. The topological polar surface area (TPSA) is 93.8 Å². The number of carbonyl (C=O) groups excluding carboxylic acids is 1. The first-order valence-corrected chi connectivity index (χ1v) is 7.78. The Bertz CT molecular complexity index is 804. The van der Waals surface area contributed by atoms with E-state index in [1.807, 2.05) is 13.8 Å². The van der Waals surface area contributed by atoms with Crippen molar-refractivity contribution in [2.75, 3.05) is 0 Å². The minimum Gasteiger partial charge on any atom is -0.491 e. The van der Waals surface area contributed by atoms with Gasteiger partial charge in [-0.1, -0.05) is 11.6 Å². The van der Waals surface area contributed by atoms with E-state index in [1.165, 1.54) is 24.4 Å². The number of hydrazone groups is 1. The smallest absolute Gasteiger partial charge is 0.271 e. The molecule has 0 aromatic heterocycles. The Morgan fingerprint density at radius 2 is 1.96 bits per heavy atom. The van der Waals surface area contributed by atoms with Gasteiger partial charge in [0.1, 0.15) is 5.75 Å². The number of carbonyl (C=O) groups is 1. The number of amides is 1. The standard InChI is InChI=1S/C17H16ClN3O4/c1-11(2)25-15-6-3-12(4-7-15)17(22)20-19-10-13-9-14(21(23)24)5-8-16(13)18/h3-11H,1-2H3,(H,20,22)/b19-10-. The molecule has 25 heavy (non-hydrogen) atoms. The number of nitro benzene ring substituents is 1. The molecular weight excluding hydrogens is 346 g/mol. The molecule has 1 N–H and O–H groups in total. The highest BCUT2D eigenvalue weighted by atomic mass is 35.5. The molecule has 0 saturated heterocycles. The van der Waals surface area contributed by atoms with Crippen LogP contribution in [-0.4, -0.2) is 23.1 Å². The summed E-state index contributed by atoms with van der Waals surface area (Å²) in [6.07, 6.45) is 1.30. The molecule has 1 amide bonds. The normalized spacial score (nSPS) is 10.9. The molecule has 0 bridgehead atoms. The highest BCUT2D eigenvalue weighted by Crippen LogP contribution is 2.20. The van der Waals surface area contributed by atoms with Crippen LogP contribution in [0.5, 0.6) is 5.75 Å². The SMILES string of the molecule is CC(C)Oc1ccc(C(=O)N/N=C\c2cc([N+](=O)[O-])ccc2Cl)cc1. The Hall–Kier alpha value is -2.93. The van der Waals surface area contributed by atoms with Crippen LogP contribution in [0.25, 0.3) is 0 Å². The lowest BCUT2D eigenvalue weighted by atomic mass is 10.2. The van der Waals surface area contributed by atoms with Crippen molar-refractivity contribution in [3.63, 3.8) is 0 Å². The van der Waals surface area contributed by atoms with E-state index in [1.54, 1.807) is 24.3 Å². The van der Waals surface area contributed by atoms with Gasteiger partial charge >= 0.3 is 0 Å². The molecule has 7 nitrogen and oxygen atoms in total. The van der Waals surface area contributed by atoms with Crippen LogP contribution in [0.4, 0.5) is 5.69 Å². The lowest BCUT2D eigenvalue weighted by Crippen LogP contribution is -2.17. The van der Waals surface area contributed by atoms with Crippen LogP contribution in [0.2, 0.25) is 5.02 Å². The summed E-state index contributed by atoms with van der Waals surface area (Å²) in [5, 5.41) is 14.8. The zero-order chi connectivity index (χ0) is 18.4. The second-order valence-electron chi connectivity index (χ2n) is 5.35. The Balaban J connectivity index is 2.03. The number of benzene rings is 2. The number of halogens is 1. The molecule has 2 aromatic rings. The third-order valence-electron chi connectivity index (χ3n) is 3.05. The number of ether oxygens (including phenoxy) is 1. The summed E-state index contributed by atoms with van der Waals surface area (Å²) in [5.41, 5.74) is 2.96. The Morgan fingerprint density at radius 3 is 2.56 bits per heavy atom. The Kier molecular flexibility index (Phi) is 6.08. The van der Waals surface area contributed by atoms with Crippen LogP contribution in [-0.2, 0) is 0 Å². The van der Waals surface area contributed by atoms with Gasteiger partial charge in [0.15, 0.2) is 0 Å². The summed E-state index contributed by atoms with van der Waals surface area (Å²) in [4.78, 5) is 22.3. The first-order valence-electron chi connectivity index (χ1n) is 7.41. The molecule has 2 rings (SSSR count). The number of nitrogens with zero attached hydrogens (tertiary/aromatic N) is 2. The lowest BCUT2D eigenvalue weighted by molar-refractivity contribution is -0.384. The number of nitro groups is 1. The van der Waals surface area contributed by atoms with Crippen LogP contribution < -0.4 is 10.2 Å². The van der Waals surface area contributed by atoms with E-state index in [9.17, 15) is 14.9 Å². The minimum atomic E-state index is -0.535. The largest absolute Gasteiger partial charge is 0.491 e. The molecule has 0 aliphatic carbocycles. The maximum atomic E-state index is 12.0. The first kappa shape index (κ1) is 18.4. The predicted molar refractivity (Wildman–Crippen MR) is 95.4 cm³/mol. The van der Waals surface area contributed by atoms with Gasteiger partial charge in [-0.25, -0.2) is 5.43 Å². The summed E-state index contributed by atoms with van der Waals surface area (Å²) in [6, 6.07) is 10.6. The molecule has 8 heteroatoms. The van der Waals surface area contributed by atoms with Crippen molar-refractivity contribution in [3.05, 3.63) is 68.7 Å². The van der Waals surface area contributed by atoms with Crippen LogP contribution in [0, 0.1) is 10.1 Å². The molecule has 2 aromatic carbocycles. The molecule has 0 spiro atoms. The highest BCUT2D eigenvalue weighted by molar-refractivity contribution is 6.33. The summed E-state index contributed by atoms with van der Waals surface area (Å²) in [5.74, 6) is 0.243. The summed E-state index contributed by atoms with van der Waals surface area (Å²) >= 11 is 5.95. The van der Waals surface area contributed by atoms with E-state index in [0.717, 1.165) is 0 Å². The highest BCUT2D eigenvalue weighted by Gasteiger charge is 2.09. The number of hydrogen-bond acceptors (Lipinski definition) is 5. The van der Waals surface area contributed by atoms with Crippen molar-refractivity contribution in [2.45, 2.75) is 20.0 Å². The molecule has 0 unspecified atom stereocenters.